The lowest BCUT2D eigenvalue weighted by Crippen LogP contribution is -2.25. The molecule has 0 radical (unpaired) electrons. The van der Waals surface area contributed by atoms with Crippen molar-refractivity contribution in [2.24, 2.45) is 0 Å². The highest BCUT2D eigenvalue weighted by Gasteiger charge is 2.21. The number of benzene rings is 3. The molecule has 174 valence electrons. The zero-order valence-corrected chi connectivity index (χ0v) is 20.1. The van der Waals surface area contributed by atoms with Gasteiger partial charge in [0.1, 0.15) is 5.75 Å². The van der Waals surface area contributed by atoms with Crippen molar-refractivity contribution in [3.8, 4) is 5.75 Å². The Hall–Kier alpha value is -3.98. The van der Waals surface area contributed by atoms with Crippen LogP contribution < -0.4 is 20.7 Å². The molecular weight excluding hydrogens is 502 g/mol. The molecule has 3 amide bonds. The second-order valence-corrected chi connectivity index (χ2v) is 8.18. The number of halogens is 1. The number of nitrogens with one attached hydrogen (secondary N) is 3. The molecular formula is C25H22BrN3O5. The molecule has 0 aromatic heterocycles. The summed E-state index contributed by atoms with van der Waals surface area (Å²) in [5.41, 5.74) is 1.76. The van der Waals surface area contributed by atoms with E-state index >= 15 is 0 Å². The first kappa shape index (κ1) is 24.7. The van der Waals surface area contributed by atoms with Crippen LogP contribution in [0.2, 0.25) is 0 Å². The maximum absolute atomic E-state index is 12.8. The molecule has 0 spiro atoms. The Morgan fingerprint density at radius 3 is 2.32 bits per heavy atom. The van der Waals surface area contributed by atoms with Crippen LogP contribution >= 0.6 is 15.9 Å². The third-order valence-corrected chi connectivity index (χ3v) is 5.23. The number of Topliss-reactive ketones (excluding diaryl/α,β-unsaturated/α-hetero) is 1. The van der Waals surface area contributed by atoms with Gasteiger partial charge in [0.25, 0.3) is 17.6 Å². The Bertz CT molecular complexity index is 1240. The lowest BCUT2D eigenvalue weighted by Gasteiger charge is -2.11. The average Bonchev–Trinajstić information content (AvgIpc) is 2.83. The van der Waals surface area contributed by atoms with Gasteiger partial charge in [0.05, 0.1) is 18.4 Å². The van der Waals surface area contributed by atoms with Gasteiger partial charge >= 0.3 is 0 Å². The third kappa shape index (κ3) is 6.52. The van der Waals surface area contributed by atoms with Crippen LogP contribution in [0.25, 0.3) is 0 Å². The normalized spacial score (nSPS) is 10.2. The second kappa shape index (κ2) is 11.2. The number of methoxy groups -OCH3 is 1. The van der Waals surface area contributed by atoms with Gasteiger partial charge in [-0.3, -0.25) is 19.2 Å². The zero-order chi connectivity index (χ0) is 24.7. The number of hydrogen-bond acceptors (Lipinski definition) is 5. The molecule has 0 unspecified atom stereocenters. The van der Waals surface area contributed by atoms with E-state index in [1.807, 2.05) is 12.1 Å². The van der Waals surface area contributed by atoms with Crippen molar-refractivity contribution in [1.29, 1.82) is 0 Å². The van der Waals surface area contributed by atoms with Gasteiger partial charge < -0.3 is 20.7 Å². The van der Waals surface area contributed by atoms with Gasteiger partial charge in [0, 0.05) is 29.2 Å². The molecule has 3 aromatic rings. The molecule has 34 heavy (non-hydrogen) atoms. The molecule has 0 saturated carbocycles. The van der Waals surface area contributed by atoms with E-state index in [0.29, 0.717) is 16.6 Å². The number of carbonyl (C=O) groups is 4. The maximum atomic E-state index is 12.8. The molecule has 0 aliphatic rings. The van der Waals surface area contributed by atoms with Gasteiger partial charge in [-0.15, -0.1) is 0 Å². The molecule has 3 aromatic carbocycles. The molecule has 3 rings (SSSR count). The van der Waals surface area contributed by atoms with Crippen LogP contribution in [0.3, 0.4) is 0 Å². The van der Waals surface area contributed by atoms with Gasteiger partial charge in [-0.05, 0) is 54.1 Å². The Kier molecular flexibility index (Phi) is 8.15. The Morgan fingerprint density at radius 2 is 1.65 bits per heavy atom. The standard InChI is InChI=1S/C25H22BrN3O5/c1-15(30)28-22-11-8-18(26)13-21(22)23(31)25(33)29-19-5-3-4-17(12-19)24(32)27-14-16-6-9-20(34-2)10-7-16/h3-13H,14H2,1-2H3,(H,27,32)(H,28,30)(H,29,33). The smallest absolute Gasteiger partial charge is 0.296 e. The summed E-state index contributed by atoms with van der Waals surface area (Å²) in [6, 6.07) is 18.2. The van der Waals surface area contributed by atoms with Gasteiger partial charge in [0.2, 0.25) is 5.91 Å². The van der Waals surface area contributed by atoms with E-state index < -0.39 is 11.7 Å². The number of rotatable bonds is 8. The molecule has 0 heterocycles. The van der Waals surface area contributed by atoms with Crippen LogP contribution in [0.1, 0.15) is 33.2 Å². The Balaban J connectivity index is 1.68. The predicted molar refractivity (Wildman–Crippen MR) is 132 cm³/mol. The van der Waals surface area contributed by atoms with Crippen LogP contribution in [0.15, 0.2) is 71.2 Å². The first-order valence-corrected chi connectivity index (χ1v) is 11.0. The highest BCUT2D eigenvalue weighted by Crippen LogP contribution is 2.22. The monoisotopic (exact) mass is 523 g/mol. The molecule has 8 nitrogen and oxygen atoms in total. The fourth-order valence-electron chi connectivity index (χ4n) is 3.08. The van der Waals surface area contributed by atoms with E-state index in [1.165, 1.54) is 25.1 Å². The maximum Gasteiger partial charge on any atom is 0.296 e. The van der Waals surface area contributed by atoms with E-state index in [2.05, 4.69) is 31.9 Å². The fourth-order valence-corrected chi connectivity index (χ4v) is 3.44. The topological polar surface area (TPSA) is 114 Å². The summed E-state index contributed by atoms with van der Waals surface area (Å²) < 4.78 is 5.69. The van der Waals surface area contributed by atoms with Crippen LogP contribution in [-0.4, -0.2) is 30.6 Å². The quantitative estimate of drug-likeness (QED) is 0.303. The minimum Gasteiger partial charge on any atom is -0.497 e. The number of anilines is 2. The molecule has 0 fully saturated rings. The van der Waals surface area contributed by atoms with E-state index in [1.54, 1.807) is 43.5 Å². The van der Waals surface area contributed by atoms with Crippen molar-refractivity contribution in [2.45, 2.75) is 13.5 Å². The van der Waals surface area contributed by atoms with Gasteiger partial charge in [-0.25, -0.2) is 0 Å². The summed E-state index contributed by atoms with van der Waals surface area (Å²) in [6.07, 6.45) is 0. The number of amides is 3. The first-order chi connectivity index (χ1) is 16.3. The molecule has 0 atom stereocenters. The lowest BCUT2D eigenvalue weighted by atomic mass is 10.1. The van der Waals surface area contributed by atoms with E-state index in [9.17, 15) is 19.2 Å². The third-order valence-electron chi connectivity index (χ3n) is 4.74. The zero-order valence-electron chi connectivity index (χ0n) is 18.5. The van der Waals surface area contributed by atoms with Crippen molar-refractivity contribution in [1.82, 2.24) is 5.32 Å². The highest BCUT2D eigenvalue weighted by molar-refractivity contribution is 9.10. The van der Waals surface area contributed by atoms with E-state index in [0.717, 1.165) is 11.3 Å². The highest BCUT2D eigenvalue weighted by atomic mass is 79.9. The van der Waals surface area contributed by atoms with Crippen LogP contribution in [0.5, 0.6) is 5.75 Å². The molecule has 0 aliphatic carbocycles. The minimum atomic E-state index is -0.902. The molecule has 3 N–H and O–H groups in total. The Labute approximate surface area is 204 Å². The minimum absolute atomic E-state index is 0.0375. The van der Waals surface area contributed by atoms with E-state index in [4.69, 9.17) is 4.74 Å². The summed E-state index contributed by atoms with van der Waals surface area (Å²) in [5.74, 6) is -1.72. The SMILES string of the molecule is COc1ccc(CNC(=O)c2cccc(NC(=O)C(=O)c3cc(Br)ccc3NC(C)=O)c2)cc1. The lowest BCUT2D eigenvalue weighted by molar-refractivity contribution is -0.114. The number of ketones is 1. The summed E-state index contributed by atoms with van der Waals surface area (Å²) in [7, 11) is 1.58. The van der Waals surface area contributed by atoms with Crippen LogP contribution in [0.4, 0.5) is 11.4 Å². The average molecular weight is 524 g/mol. The molecule has 0 aliphatic heterocycles. The summed E-state index contributed by atoms with van der Waals surface area (Å²) in [5, 5.41) is 7.86. The number of hydrogen-bond donors (Lipinski definition) is 3. The van der Waals surface area contributed by atoms with Crippen molar-refractivity contribution in [3.63, 3.8) is 0 Å². The first-order valence-electron chi connectivity index (χ1n) is 10.2. The van der Waals surface area contributed by atoms with Crippen molar-refractivity contribution < 1.29 is 23.9 Å². The predicted octanol–water partition coefficient (Wildman–Crippen LogP) is 4.17. The fraction of sp³-hybridized carbons (Fsp3) is 0.120. The Morgan fingerprint density at radius 1 is 0.912 bits per heavy atom. The number of ether oxygens (including phenoxy) is 1. The summed E-state index contributed by atoms with van der Waals surface area (Å²) in [4.78, 5) is 49.4. The summed E-state index contributed by atoms with van der Waals surface area (Å²) >= 11 is 3.26. The van der Waals surface area contributed by atoms with E-state index in [-0.39, 0.29) is 28.8 Å². The van der Waals surface area contributed by atoms with Crippen molar-refractivity contribution >= 4 is 50.8 Å². The van der Waals surface area contributed by atoms with Crippen LogP contribution in [-0.2, 0) is 16.1 Å². The molecule has 0 saturated heterocycles. The number of carbonyl (C=O) groups excluding carboxylic acids is 4. The van der Waals surface area contributed by atoms with Crippen molar-refractivity contribution in [2.75, 3.05) is 17.7 Å². The van der Waals surface area contributed by atoms with Gasteiger partial charge in [-0.1, -0.05) is 34.1 Å². The van der Waals surface area contributed by atoms with Gasteiger partial charge in [-0.2, -0.15) is 0 Å². The summed E-state index contributed by atoms with van der Waals surface area (Å²) in [6.45, 7) is 1.62. The van der Waals surface area contributed by atoms with Crippen molar-refractivity contribution in [3.05, 3.63) is 87.9 Å². The largest absolute Gasteiger partial charge is 0.497 e. The van der Waals surface area contributed by atoms with Gasteiger partial charge in [0.15, 0.2) is 0 Å². The molecule has 0 bridgehead atoms. The molecule has 9 heteroatoms. The second-order valence-electron chi connectivity index (χ2n) is 7.27. The van der Waals surface area contributed by atoms with Crippen LogP contribution in [0, 0.1) is 0 Å².